The molecule has 0 aliphatic carbocycles. The fraction of sp³-hybridized carbons (Fsp3) is 0.312. The molecule has 1 aromatic carbocycles. The Morgan fingerprint density at radius 3 is 3.00 bits per heavy atom. The largest absolute Gasteiger partial charge is 0.434 e. The van der Waals surface area contributed by atoms with Crippen LogP contribution in [0.2, 0.25) is 0 Å². The lowest BCUT2D eigenvalue weighted by atomic mass is 10.2. The number of hydrogen-bond donors (Lipinski definition) is 2. The van der Waals surface area contributed by atoms with Crippen LogP contribution in [-0.4, -0.2) is 36.6 Å². The van der Waals surface area contributed by atoms with Crippen molar-refractivity contribution in [2.75, 3.05) is 18.0 Å². The predicted octanol–water partition coefficient (Wildman–Crippen LogP) is 2.90. The molecule has 1 aliphatic rings. The minimum atomic E-state index is -2.95. The van der Waals surface area contributed by atoms with Gasteiger partial charge in [-0.15, -0.1) is 11.3 Å². The quantitative estimate of drug-likeness (QED) is 0.665. The van der Waals surface area contributed by atoms with Crippen LogP contribution in [-0.2, 0) is 17.8 Å². The second-order valence-electron chi connectivity index (χ2n) is 5.59. The van der Waals surface area contributed by atoms with Gasteiger partial charge < -0.3 is 15.4 Å². The number of aromatic nitrogens is 1. The standard InChI is InChI=1S/C16H15BrF2N4O3S/c17-10-1-2-12(26-14(18)19)9(5-10)7-21-13(24)6-11-8-27-16(22-11)23-4-3-20-15(23)25/h1-2,5,8,14H,3-4,6-7H2,(H,20,25)(H,21,24). The second kappa shape index (κ2) is 8.61. The molecule has 7 nitrogen and oxygen atoms in total. The Labute approximate surface area is 165 Å². The summed E-state index contributed by atoms with van der Waals surface area (Å²) in [5.41, 5.74) is 0.955. The Kier molecular flexibility index (Phi) is 6.22. The number of nitrogens with one attached hydrogen (secondary N) is 2. The van der Waals surface area contributed by atoms with E-state index in [1.54, 1.807) is 17.5 Å². The highest BCUT2D eigenvalue weighted by atomic mass is 79.9. The van der Waals surface area contributed by atoms with Crippen LogP contribution >= 0.6 is 27.3 Å². The van der Waals surface area contributed by atoms with E-state index in [0.29, 0.717) is 34.0 Å². The summed E-state index contributed by atoms with van der Waals surface area (Å²) in [6, 6.07) is 4.38. The van der Waals surface area contributed by atoms with E-state index in [2.05, 4.69) is 36.3 Å². The number of halogens is 3. The molecule has 2 N–H and O–H groups in total. The first-order valence-corrected chi connectivity index (χ1v) is 9.59. The topological polar surface area (TPSA) is 83.6 Å². The van der Waals surface area contributed by atoms with Gasteiger partial charge in [0.1, 0.15) is 5.75 Å². The maximum absolute atomic E-state index is 12.5. The van der Waals surface area contributed by atoms with E-state index in [-0.39, 0.29) is 30.7 Å². The number of carbonyl (C=O) groups is 2. The zero-order valence-electron chi connectivity index (χ0n) is 13.9. The average molecular weight is 461 g/mol. The molecule has 0 radical (unpaired) electrons. The van der Waals surface area contributed by atoms with E-state index < -0.39 is 6.61 Å². The third-order valence-corrected chi connectivity index (χ3v) is 5.09. The van der Waals surface area contributed by atoms with Crippen molar-refractivity contribution in [1.82, 2.24) is 15.6 Å². The molecule has 144 valence electrons. The Bertz CT molecular complexity index is 849. The summed E-state index contributed by atoms with van der Waals surface area (Å²) >= 11 is 4.54. The number of thiazole rings is 1. The first kappa shape index (κ1) is 19.5. The van der Waals surface area contributed by atoms with E-state index >= 15 is 0 Å². The number of carbonyl (C=O) groups excluding carboxylic acids is 2. The zero-order valence-corrected chi connectivity index (χ0v) is 16.3. The van der Waals surface area contributed by atoms with E-state index in [9.17, 15) is 18.4 Å². The molecular formula is C16H15BrF2N4O3S. The molecule has 1 saturated heterocycles. The highest BCUT2D eigenvalue weighted by Gasteiger charge is 2.24. The van der Waals surface area contributed by atoms with Gasteiger partial charge in [0.15, 0.2) is 5.13 Å². The molecule has 0 atom stereocenters. The number of hydrogen-bond acceptors (Lipinski definition) is 5. The second-order valence-corrected chi connectivity index (χ2v) is 7.34. The van der Waals surface area contributed by atoms with Crippen molar-refractivity contribution >= 4 is 44.3 Å². The molecule has 0 bridgehead atoms. The minimum absolute atomic E-state index is 0.00416. The van der Waals surface area contributed by atoms with Crippen molar-refractivity contribution in [1.29, 1.82) is 0 Å². The van der Waals surface area contributed by atoms with Gasteiger partial charge in [-0.2, -0.15) is 8.78 Å². The van der Waals surface area contributed by atoms with Crippen molar-refractivity contribution < 1.29 is 23.1 Å². The van der Waals surface area contributed by atoms with Crippen LogP contribution in [0.3, 0.4) is 0 Å². The lowest BCUT2D eigenvalue weighted by Gasteiger charge is -2.12. The summed E-state index contributed by atoms with van der Waals surface area (Å²) in [6.45, 7) is -1.82. The zero-order chi connectivity index (χ0) is 19.4. The Hall–Kier alpha value is -2.27. The number of rotatable bonds is 7. The molecule has 2 heterocycles. The number of amides is 3. The number of anilines is 1. The van der Waals surface area contributed by atoms with Crippen molar-refractivity contribution in [3.8, 4) is 5.75 Å². The fourth-order valence-corrected chi connectivity index (χ4v) is 3.73. The van der Waals surface area contributed by atoms with Crippen LogP contribution in [0.5, 0.6) is 5.75 Å². The Morgan fingerprint density at radius 2 is 2.30 bits per heavy atom. The third kappa shape index (κ3) is 5.13. The molecule has 1 aromatic heterocycles. The highest BCUT2D eigenvalue weighted by molar-refractivity contribution is 9.10. The summed E-state index contributed by atoms with van der Waals surface area (Å²) in [6.07, 6.45) is 0.0188. The Balaban J connectivity index is 1.58. The number of ether oxygens (including phenoxy) is 1. The van der Waals surface area contributed by atoms with Gasteiger partial charge in [0.05, 0.1) is 12.1 Å². The van der Waals surface area contributed by atoms with Crippen molar-refractivity contribution in [2.45, 2.75) is 19.6 Å². The van der Waals surface area contributed by atoms with Gasteiger partial charge in [0.25, 0.3) is 0 Å². The SMILES string of the molecule is O=C(Cc1csc(N2CCNC2=O)n1)NCc1cc(Br)ccc1OC(F)F. The predicted molar refractivity (Wildman–Crippen MR) is 99.2 cm³/mol. The van der Waals surface area contributed by atoms with Crippen LogP contribution in [0.15, 0.2) is 28.1 Å². The molecule has 1 fully saturated rings. The van der Waals surface area contributed by atoms with Crippen LogP contribution in [0.1, 0.15) is 11.3 Å². The van der Waals surface area contributed by atoms with Crippen LogP contribution < -0.4 is 20.3 Å². The van der Waals surface area contributed by atoms with E-state index in [1.807, 2.05) is 0 Å². The van der Waals surface area contributed by atoms with Gasteiger partial charge >= 0.3 is 12.6 Å². The van der Waals surface area contributed by atoms with Crippen molar-refractivity contribution in [3.63, 3.8) is 0 Å². The molecule has 3 amide bonds. The third-order valence-electron chi connectivity index (χ3n) is 3.68. The van der Waals surface area contributed by atoms with Crippen LogP contribution in [0.4, 0.5) is 18.7 Å². The molecule has 3 rings (SSSR count). The maximum atomic E-state index is 12.5. The first-order chi connectivity index (χ1) is 12.9. The van der Waals surface area contributed by atoms with Gasteiger partial charge in [0, 0.05) is 35.1 Å². The lowest BCUT2D eigenvalue weighted by molar-refractivity contribution is -0.120. The number of urea groups is 1. The molecule has 27 heavy (non-hydrogen) atoms. The molecule has 0 unspecified atom stereocenters. The summed E-state index contributed by atoms with van der Waals surface area (Å²) in [5, 5.41) is 7.60. The number of nitrogens with zero attached hydrogens (tertiary/aromatic N) is 2. The van der Waals surface area contributed by atoms with E-state index in [0.717, 1.165) is 0 Å². The van der Waals surface area contributed by atoms with E-state index in [1.165, 1.54) is 22.3 Å². The maximum Gasteiger partial charge on any atom is 0.387 e. The number of alkyl halides is 2. The monoisotopic (exact) mass is 460 g/mol. The summed E-state index contributed by atoms with van der Waals surface area (Å²) in [7, 11) is 0. The van der Waals surface area contributed by atoms with Gasteiger partial charge in [-0.3, -0.25) is 9.69 Å². The summed E-state index contributed by atoms with van der Waals surface area (Å²) < 4.78 is 30.1. The Morgan fingerprint density at radius 1 is 1.48 bits per heavy atom. The smallest absolute Gasteiger partial charge is 0.387 e. The molecule has 0 spiro atoms. The van der Waals surface area contributed by atoms with Gasteiger partial charge in [-0.25, -0.2) is 9.78 Å². The van der Waals surface area contributed by atoms with Gasteiger partial charge in [-0.1, -0.05) is 15.9 Å². The fourth-order valence-electron chi connectivity index (χ4n) is 2.47. The van der Waals surface area contributed by atoms with Crippen molar-refractivity contribution in [3.05, 3.63) is 39.3 Å². The molecule has 11 heteroatoms. The highest BCUT2D eigenvalue weighted by Crippen LogP contribution is 2.25. The summed E-state index contributed by atoms with van der Waals surface area (Å²) in [4.78, 5) is 29.6. The molecule has 2 aromatic rings. The lowest BCUT2D eigenvalue weighted by Crippen LogP contribution is -2.28. The van der Waals surface area contributed by atoms with Gasteiger partial charge in [0.2, 0.25) is 5.91 Å². The van der Waals surface area contributed by atoms with Crippen LogP contribution in [0.25, 0.3) is 0 Å². The van der Waals surface area contributed by atoms with Crippen LogP contribution in [0, 0.1) is 0 Å². The van der Waals surface area contributed by atoms with Crippen molar-refractivity contribution in [2.24, 2.45) is 0 Å². The van der Waals surface area contributed by atoms with E-state index in [4.69, 9.17) is 0 Å². The number of benzene rings is 1. The molecule has 0 saturated carbocycles. The minimum Gasteiger partial charge on any atom is -0.434 e. The first-order valence-electron chi connectivity index (χ1n) is 7.92. The normalized spacial score (nSPS) is 13.8. The van der Waals surface area contributed by atoms with Gasteiger partial charge in [-0.05, 0) is 18.2 Å². The molecular weight excluding hydrogens is 446 g/mol. The average Bonchev–Trinajstić information content (AvgIpc) is 3.23. The summed E-state index contributed by atoms with van der Waals surface area (Å²) in [5.74, 6) is -0.315. The molecule has 1 aliphatic heterocycles.